The maximum absolute atomic E-state index is 14.3. The second-order valence-corrected chi connectivity index (χ2v) is 8.24. The third-order valence-electron chi connectivity index (χ3n) is 5.03. The molecule has 0 spiro atoms. The summed E-state index contributed by atoms with van der Waals surface area (Å²) in [5.74, 6) is -1.90. The number of hydrogen-bond acceptors (Lipinski definition) is 3. The van der Waals surface area contributed by atoms with Crippen molar-refractivity contribution >= 4 is 16.0 Å². The number of nitrogens with zero attached hydrogens (tertiary/aromatic N) is 1. The first-order valence-electron chi connectivity index (χ1n) is 7.85. The van der Waals surface area contributed by atoms with Crippen LogP contribution in [0.15, 0.2) is 23.1 Å². The molecule has 126 valence electrons. The zero-order valence-electron chi connectivity index (χ0n) is 12.9. The molecule has 23 heavy (non-hydrogen) atoms. The molecular weight excluding hydrogens is 321 g/mol. The van der Waals surface area contributed by atoms with Gasteiger partial charge in [0.25, 0.3) is 0 Å². The lowest BCUT2D eigenvalue weighted by Gasteiger charge is -2.32. The average Bonchev–Trinajstić information content (AvgIpc) is 2.90. The van der Waals surface area contributed by atoms with Crippen LogP contribution in [0.5, 0.6) is 0 Å². The number of fused-ring (bicyclic) bond motifs is 1. The third-order valence-corrected chi connectivity index (χ3v) is 6.98. The Kier molecular flexibility index (Phi) is 4.18. The molecule has 3 atom stereocenters. The third kappa shape index (κ3) is 2.65. The summed E-state index contributed by atoms with van der Waals surface area (Å²) in [6.45, 7) is 1.50. The van der Waals surface area contributed by atoms with Gasteiger partial charge in [0.1, 0.15) is 16.8 Å². The minimum atomic E-state index is -4.18. The predicted octanol–water partition coefficient (Wildman–Crippen LogP) is 2.54. The maximum Gasteiger partial charge on any atom is 0.322 e. The molecule has 1 aliphatic heterocycles. The number of benzene rings is 1. The number of aryl methyl sites for hydroxylation is 1. The van der Waals surface area contributed by atoms with Gasteiger partial charge in [0.05, 0.1) is 0 Å². The van der Waals surface area contributed by atoms with E-state index in [0.717, 1.165) is 23.6 Å². The number of halogens is 1. The predicted molar refractivity (Wildman–Crippen MR) is 81.9 cm³/mol. The number of carboxylic acids is 1. The molecule has 1 saturated heterocycles. The molecule has 0 aromatic heterocycles. The van der Waals surface area contributed by atoms with Crippen molar-refractivity contribution in [1.82, 2.24) is 4.31 Å². The van der Waals surface area contributed by atoms with Crippen LogP contribution in [0, 0.1) is 18.7 Å². The summed E-state index contributed by atoms with van der Waals surface area (Å²) in [5.41, 5.74) is 0.234. The van der Waals surface area contributed by atoms with Gasteiger partial charge in [0.15, 0.2) is 0 Å². The van der Waals surface area contributed by atoms with Crippen LogP contribution < -0.4 is 0 Å². The van der Waals surface area contributed by atoms with Crippen molar-refractivity contribution in [3.63, 3.8) is 0 Å². The Balaban J connectivity index is 2.08. The van der Waals surface area contributed by atoms with E-state index in [1.54, 1.807) is 0 Å². The van der Waals surface area contributed by atoms with Crippen LogP contribution in [-0.2, 0) is 14.8 Å². The van der Waals surface area contributed by atoms with Crippen molar-refractivity contribution in [2.24, 2.45) is 5.92 Å². The summed E-state index contributed by atoms with van der Waals surface area (Å²) in [6.07, 6.45) is 3.64. The zero-order chi connectivity index (χ0) is 16.8. The molecule has 0 radical (unpaired) electrons. The average molecular weight is 341 g/mol. The fourth-order valence-corrected chi connectivity index (χ4v) is 5.92. The molecular formula is C16H20FNO4S. The van der Waals surface area contributed by atoms with Gasteiger partial charge in [-0.3, -0.25) is 4.79 Å². The highest BCUT2D eigenvalue weighted by atomic mass is 32.2. The number of rotatable bonds is 3. The summed E-state index contributed by atoms with van der Waals surface area (Å²) >= 11 is 0. The largest absolute Gasteiger partial charge is 0.480 e. The van der Waals surface area contributed by atoms with Crippen LogP contribution >= 0.6 is 0 Å². The van der Waals surface area contributed by atoms with Crippen LogP contribution in [0.2, 0.25) is 0 Å². The molecule has 3 rings (SSSR count). The van der Waals surface area contributed by atoms with Gasteiger partial charge >= 0.3 is 5.97 Å². The van der Waals surface area contributed by atoms with Gasteiger partial charge < -0.3 is 5.11 Å². The molecule has 1 saturated carbocycles. The Morgan fingerprint density at radius 1 is 1.30 bits per heavy atom. The van der Waals surface area contributed by atoms with E-state index >= 15 is 0 Å². The van der Waals surface area contributed by atoms with Gasteiger partial charge in [-0.2, -0.15) is 4.31 Å². The molecule has 1 N–H and O–H groups in total. The highest BCUT2D eigenvalue weighted by Crippen LogP contribution is 2.43. The standard InChI is InChI=1S/C16H20FNO4S/c1-10-5-4-8-14(15(10)17)23(21,22)18-12-7-3-2-6-11(12)9-13(18)16(19)20/h4-5,8,11-13H,2-3,6-7,9H2,1H3,(H,19,20). The Hall–Kier alpha value is -1.47. The van der Waals surface area contributed by atoms with Gasteiger partial charge in [-0.25, -0.2) is 12.8 Å². The normalized spacial score (nSPS) is 28.5. The highest BCUT2D eigenvalue weighted by molar-refractivity contribution is 7.89. The number of carbonyl (C=O) groups is 1. The number of carboxylic acid groups (broad SMARTS) is 1. The molecule has 5 nitrogen and oxygen atoms in total. The SMILES string of the molecule is Cc1cccc(S(=O)(=O)N2C(C(=O)O)CC3CCCCC32)c1F. The fourth-order valence-electron chi connectivity index (χ4n) is 3.91. The van der Waals surface area contributed by atoms with Crippen molar-refractivity contribution in [2.45, 2.75) is 56.0 Å². The molecule has 2 fully saturated rings. The summed E-state index contributed by atoms with van der Waals surface area (Å²) in [5, 5.41) is 9.46. The summed E-state index contributed by atoms with van der Waals surface area (Å²) in [4.78, 5) is 11.2. The molecule has 1 aromatic carbocycles. The van der Waals surface area contributed by atoms with E-state index in [0.29, 0.717) is 12.8 Å². The van der Waals surface area contributed by atoms with Crippen molar-refractivity contribution in [3.8, 4) is 0 Å². The monoisotopic (exact) mass is 341 g/mol. The Morgan fingerprint density at radius 3 is 2.70 bits per heavy atom. The second kappa shape index (κ2) is 5.87. The first-order chi connectivity index (χ1) is 10.8. The molecule has 1 heterocycles. The van der Waals surface area contributed by atoms with E-state index in [-0.39, 0.29) is 17.5 Å². The van der Waals surface area contributed by atoms with Gasteiger partial charge in [-0.05, 0) is 43.7 Å². The molecule has 3 unspecified atom stereocenters. The molecule has 7 heteroatoms. The zero-order valence-corrected chi connectivity index (χ0v) is 13.7. The topological polar surface area (TPSA) is 74.7 Å². The Labute approximate surface area is 135 Å². The lowest BCUT2D eigenvalue weighted by atomic mass is 9.85. The molecule has 1 aromatic rings. The van der Waals surface area contributed by atoms with E-state index in [9.17, 15) is 22.7 Å². The Morgan fingerprint density at radius 2 is 2.00 bits per heavy atom. The first kappa shape index (κ1) is 16.4. The molecule has 0 amide bonds. The minimum Gasteiger partial charge on any atom is -0.480 e. The van der Waals surface area contributed by atoms with Crippen LogP contribution in [0.25, 0.3) is 0 Å². The van der Waals surface area contributed by atoms with Crippen molar-refractivity contribution < 1.29 is 22.7 Å². The fraction of sp³-hybridized carbons (Fsp3) is 0.562. The molecule has 1 aliphatic carbocycles. The highest BCUT2D eigenvalue weighted by Gasteiger charge is 2.51. The van der Waals surface area contributed by atoms with Gasteiger partial charge in [-0.15, -0.1) is 0 Å². The number of sulfonamides is 1. The van der Waals surface area contributed by atoms with Crippen molar-refractivity contribution in [1.29, 1.82) is 0 Å². The van der Waals surface area contributed by atoms with Crippen LogP contribution in [0.4, 0.5) is 4.39 Å². The van der Waals surface area contributed by atoms with Crippen LogP contribution in [-0.4, -0.2) is 35.9 Å². The Bertz CT molecular complexity index is 734. The number of hydrogen-bond donors (Lipinski definition) is 1. The van der Waals surface area contributed by atoms with Crippen molar-refractivity contribution in [3.05, 3.63) is 29.6 Å². The van der Waals surface area contributed by atoms with E-state index in [2.05, 4.69) is 0 Å². The quantitative estimate of drug-likeness (QED) is 0.917. The summed E-state index contributed by atoms with van der Waals surface area (Å²) in [6, 6.07) is 2.75. The summed E-state index contributed by atoms with van der Waals surface area (Å²) in [7, 11) is -4.18. The molecule has 2 aliphatic rings. The smallest absolute Gasteiger partial charge is 0.322 e. The van der Waals surface area contributed by atoms with Crippen LogP contribution in [0.1, 0.15) is 37.7 Å². The number of aliphatic carboxylic acids is 1. The summed E-state index contributed by atoms with van der Waals surface area (Å²) < 4.78 is 41.4. The lowest BCUT2D eigenvalue weighted by molar-refractivity contribution is -0.141. The van der Waals surface area contributed by atoms with Gasteiger partial charge in [0, 0.05) is 6.04 Å². The maximum atomic E-state index is 14.3. The van der Waals surface area contributed by atoms with E-state index < -0.39 is 32.7 Å². The van der Waals surface area contributed by atoms with Crippen molar-refractivity contribution in [2.75, 3.05) is 0 Å². The second-order valence-electron chi connectivity index (χ2n) is 6.42. The van der Waals surface area contributed by atoms with Gasteiger partial charge in [0.2, 0.25) is 10.0 Å². The van der Waals surface area contributed by atoms with Gasteiger partial charge in [-0.1, -0.05) is 25.0 Å². The van der Waals surface area contributed by atoms with E-state index in [1.807, 2.05) is 0 Å². The van der Waals surface area contributed by atoms with E-state index in [4.69, 9.17) is 0 Å². The first-order valence-corrected chi connectivity index (χ1v) is 9.29. The lowest BCUT2D eigenvalue weighted by Crippen LogP contribution is -2.46. The van der Waals surface area contributed by atoms with E-state index in [1.165, 1.54) is 25.1 Å². The van der Waals surface area contributed by atoms with Crippen LogP contribution in [0.3, 0.4) is 0 Å². The molecule has 0 bridgehead atoms. The minimum absolute atomic E-state index is 0.0486.